The maximum absolute atomic E-state index is 11.3. The molecule has 0 radical (unpaired) electrons. The first-order valence-electron chi connectivity index (χ1n) is 5.21. The average Bonchev–Trinajstić information content (AvgIpc) is 2.17. The summed E-state index contributed by atoms with van der Waals surface area (Å²) >= 11 is 0. The lowest BCUT2D eigenvalue weighted by Crippen LogP contribution is -2.12. The molecule has 1 saturated carbocycles. The fourth-order valence-electron chi connectivity index (χ4n) is 1.79. The topological polar surface area (TPSA) is 46.5 Å². The van der Waals surface area contributed by atoms with E-state index in [4.69, 9.17) is 4.52 Å². The lowest BCUT2D eigenvalue weighted by atomic mass is 9.90. The van der Waals surface area contributed by atoms with Gasteiger partial charge in [0.2, 0.25) is 0 Å². The fraction of sp³-hybridized carbons (Fsp3) is 0.800. The minimum Gasteiger partial charge on any atom is -0.324 e. The zero-order chi connectivity index (χ0) is 10.4. The molecular weight excluding hydrogens is 199 g/mol. The van der Waals surface area contributed by atoms with Crippen LogP contribution < -0.4 is 0 Å². The molecule has 1 unspecified atom stereocenters. The molecule has 3 nitrogen and oxygen atoms in total. The molecular formula is C10H19O3P. The van der Waals surface area contributed by atoms with Crippen LogP contribution in [0.5, 0.6) is 0 Å². The van der Waals surface area contributed by atoms with Gasteiger partial charge in [0.05, 0.1) is 12.8 Å². The maximum atomic E-state index is 11.3. The van der Waals surface area contributed by atoms with E-state index in [1.54, 1.807) is 0 Å². The fourth-order valence-corrected chi connectivity index (χ4v) is 2.67. The maximum Gasteiger partial charge on any atom is 0.331 e. The van der Waals surface area contributed by atoms with E-state index >= 15 is 0 Å². The molecule has 1 rings (SSSR count). The van der Waals surface area contributed by atoms with Gasteiger partial charge in [0, 0.05) is 0 Å². The molecule has 0 aromatic heterocycles. The van der Waals surface area contributed by atoms with Gasteiger partial charge in [0.25, 0.3) is 0 Å². The molecule has 0 aromatic rings. The molecule has 0 aromatic carbocycles. The van der Waals surface area contributed by atoms with E-state index < -0.39 is 7.60 Å². The summed E-state index contributed by atoms with van der Waals surface area (Å²) in [7, 11) is -3.38. The molecule has 0 heterocycles. The third kappa shape index (κ3) is 4.41. The predicted octanol–water partition coefficient (Wildman–Crippen LogP) is 2.95. The predicted molar refractivity (Wildman–Crippen MR) is 57.4 cm³/mol. The highest BCUT2D eigenvalue weighted by Gasteiger charge is 2.21. The number of hydrogen-bond donors (Lipinski definition) is 1. The second-order valence-corrected chi connectivity index (χ2v) is 5.81. The van der Waals surface area contributed by atoms with Crippen molar-refractivity contribution in [2.24, 2.45) is 5.92 Å². The van der Waals surface area contributed by atoms with Crippen LogP contribution in [0.25, 0.3) is 0 Å². The quantitative estimate of drug-likeness (QED) is 0.570. The van der Waals surface area contributed by atoms with Crippen molar-refractivity contribution in [2.45, 2.75) is 32.1 Å². The van der Waals surface area contributed by atoms with Crippen LogP contribution in [0.4, 0.5) is 0 Å². The number of allylic oxidation sites excluding steroid dienone is 1. The van der Waals surface area contributed by atoms with Gasteiger partial charge in [-0.25, -0.2) is 0 Å². The van der Waals surface area contributed by atoms with Gasteiger partial charge in [-0.2, -0.15) is 0 Å². The van der Waals surface area contributed by atoms with Crippen molar-refractivity contribution in [3.8, 4) is 0 Å². The summed E-state index contributed by atoms with van der Waals surface area (Å²) in [6.07, 6.45) is 7.50. The average molecular weight is 218 g/mol. The summed E-state index contributed by atoms with van der Waals surface area (Å²) in [6, 6.07) is 0. The molecule has 1 aliphatic carbocycles. The Morgan fingerprint density at radius 3 is 2.64 bits per heavy atom. The molecule has 14 heavy (non-hydrogen) atoms. The van der Waals surface area contributed by atoms with Crippen molar-refractivity contribution in [1.82, 2.24) is 0 Å². The molecule has 1 aliphatic rings. The van der Waals surface area contributed by atoms with Gasteiger partial charge in [-0.1, -0.05) is 25.3 Å². The van der Waals surface area contributed by atoms with Crippen molar-refractivity contribution in [1.29, 1.82) is 0 Å². The Morgan fingerprint density at radius 1 is 1.43 bits per heavy atom. The lowest BCUT2D eigenvalue weighted by Gasteiger charge is -2.22. The first-order chi connectivity index (χ1) is 6.64. The van der Waals surface area contributed by atoms with Gasteiger partial charge in [-0.3, -0.25) is 4.57 Å². The normalized spacial score (nSPS) is 22.9. The van der Waals surface area contributed by atoms with E-state index in [2.05, 4.69) is 6.58 Å². The summed E-state index contributed by atoms with van der Waals surface area (Å²) < 4.78 is 16.4. The van der Waals surface area contributed by atoms with E-state index in [-0.39, 0.29) is 6.16 Å². The molecule has 4 heteroatoms. The van der Waals surface area contributed by atoms with Gasteiger partial charge >= 0.3 is 7.60 Å². The molecule has 0 spiro atoms. The van der Waals surface area contributed by atoms with Crippen LogP contribution in [0.1, 0.15) is 32.1 Å². The van der Waals surface area contributed by atoms with Crippen molar-refractivity contribution < 1.29 is 14.0 Å². The van der Waals surface area contributed by atoms with Gasteiger partial charge in [-0.15, -0.1) is 6.58 Å². The van der Waals surface area contributed by atoms with E-state index in [1.165, 1.54) is 25.3 Å². The van der Waals surface area contributed by atoms with E-state index in [1.807, 2.05) is 0 Å². The third-order valence-corrected chi connectivity index (χ3v) is 3.87. The van der Waals surface area contributed by atoms with E-state index in [0.717, 1.165) is 12.8 Å². The summed E-state index contributed by atoms with van der Waals surface area (Å²) in [5, 5.41) is 0. The highest BCUT2D eigenvalue weighted by Crippen LogP contribution is 2.42. The third-order valence-electron chi connectivity index (χ3n) is 2.60. The smallest absolute Gasteiger partial charge is 0.324 e. The van der Waals surface area contributed by atoms with E-state index in [9.17, 15) is 9.46 Å². The standard InChI is InChI=1S/C10H19O3P/c1-2-8-14(11,12)13-9-10-6-4-3-5-7-10/h2,10H,1,3-9H2,(H,11,12). The summed E-state index contributed by atoms with van der Waals surface area (Å²) in [6.45, 7) is 3.86. The van der Waals surface area contributed by atoms with Crippen molar-refractivity contribution >= 4 is 7.60 Å². The Balaban J connectivity index is 2.24. The minimum absolute atomic E-state index is 0.0553. The first-order valence-corrected chi connectivity index (χ1v) is 6.97. The molecule has 0 saturated heterocycles. The van der Waals surface area contributed by atoms with Crippen LogP contribution in [0.15, 0.2) is 12.7 Å². The van der Waals surface area contributed by atoms with Crippen molar-refractivity contribution in [3.05, 3.63) is 12.7 Å². The summed E-state index contributed by atoms with van der Waals surface area (Å²) in [5.41, 5.74) is 0. The SMILES string of the molecule is C=CCP(=O)(O)OCC1CCCCC1. The van der Waals surface area contributed by atoms with Gasteiger partial charge in [0.1, 0.15) is 0 Å². The molecule has 0 aliphatic heterocycles. The summed E-state index contributed by atoms with van der Waals surface area (Å²) in [5.74, 6) is 0.481. The molecule has 0 bridgehead atoms. The van der Waals surface area contributed by atoms with Gasteiger partial charge in [-0.05, 0) is 18.8 Å². The van der Waals surface area contributed by atoms with Crippen LogP contribution in [0.2, 0.25) is 0 Å². The monoisotopic (exact) mass is 218 g/mol. The molecule has 82 valence electrons. The van der Waals surface area contributed by atoms with Crippen LogP contribution in [-0.2, 0) is 9.09 Å². The Labute approximate surface area is 85.7 Å². The van der Waals surface area contributed by atoms with Crippen LogP contribution in [0, 0.1) is 5.92 Å². The lowest BCUT2D eigenvalue weighted by molar-refractivity contribution is 0.187. The first kappa shape index (κ1) is 12.0. The largest absolute Gasteiger partial charge is 0.331 e. The Hall–Kier alpha value is -0.110. The Bertz CT molecular complexity index is 221. The molecule has 1 fully saturated rings. The highest BCUT2D eigenvalue weighted by atomic mass is 31.2. The van der Waals surface area contributed by atoms with Crippen LogP contribution >= 0.6 is 7.60 Å². The van der Waals surface area contributed by atoms with Crippen LogP contribution in [0.3, 0.4) is 0 Å². The Kier molecular flexibility index (Phi) is 4.86. The summed E-state index contributed by atoms with van der Waals surface area (Å²) in [4.78, 5) is 9.31. The highest BCUT2D eigenvalue weighted by molar-refractivity contribution is 7.53. The van der Waals surface area contributed by atoms with E-state index in [0.29, 0.717) is 12.5 Å². The zero-order valence-corrected chi connectivity index (χ0v) is 9.42. The van der Waals surface area contributed by atoms with Crippen LogP contribution in [-0.4, -0.2) is 17.7 Å². The van der Waals surface area contributed by atoms with Gasteiger partial charge in [0.15, 0.2) is 0 Å². The minimum atomic E-state index is -3.38. The van der Waals surface area contributed by atoms with Gasteiger partial charge < -0.3 is 9.42 Å². The molecule has 0 amide bonds. The number of hydrogen-bond acceptors (Lipinski definition) is 2. The number of rotatable bonds is 5. The molecule has 1 atom stereocenters. The van der Waals surface area contributed by atoms with Crippen molar-refractivity contribution in [3.63, 3.8) is 0 Å². The van der Waals surface area contributed by atoms with Crippen molar-refractivity contribution in [2.75, 3.05) is 12.8 Å². The molecule has 1 N–H and O–H groups in total. The zero-order valence-electron chi connectivity index (χ0n) is 8.52. The second-order valence-electron chi connectivity index (χ2n) is 3.91. The Morgan fingerprint density at radius 2 is 2.07 bits per heavy atom. The second kappa shape index (κ2) is 5.69.